The van der Waals surface area contributed by atoms with Gasteiger partial charge in [0.2, 0.25) is 5.91 Å². The summed E-state index contributed by atoms with van der Waals surface area (Å²) in [5.74, 6) is 1.37. The van der Waals surface area contributed by atoms with Gasteiger partial charge in [0.05, 0.1) is 22.7 Å². The fourth-order valence-corrected chi connectivity index (χ4v) is 3.34. The van der Waals surface area contributed by atoms with E-state index in [1.54, 1.807) is 13.1 Å². The van der Waals surface area contributed by atoms with Crippen LogP contribution in [0.25, 0.3) is 10.7 Å². The van der Waals surface area contributed by atoms with Crippen molar-refractivity contribution in [1.82, 2.24) is 19.7 Å². The van der Waals surface area contributed by atoms with E-state index in [1.165, 1.54) is 11.3 Å². The molecule has 0 fully saturated rings. The Kier molecular flexibility index (Phi) is 3.99. The zero-order valence-electron chi connectivity index (χ0n) is 13.4. The average Bonchev–Trinajstić information content (AvgIpc) is 3.14. The normalized spacial score (nSPS) is 11.0. The average molecular weight is 331 g/mol. The minimum atomic E-state index is -0.139. The van der Waals surface area contributed by atoms with Gasteiger partial charge < -0.3 is 14.4 Å². The molecule has 0 bridgehead atoms. The Labute approximate surface area is 137 Å². The standard InChI is InChI=1S/C15H17N5O2S/c1-8-11(10(3)22-19-8)7-12(21)18-15-17-9(2)13(23-15)14-16-5-6-20(14)4/h5-6H,7H2,1-4H3,(H,17,18,21). The third-order valence-corrected chi connectivity index (χ3v) is 4.65. The first-order valence-electron chi connectivity index (χ1n) is 7.12. The first-order valence-corrected chi connectivity index (χ1v) is 7.94. The molecule has 0 unspecified atom stereocenters. The van der Waals surface area contributed by atoms with E-state index in [4.69, 9.17) is 4.52 Å². The molecule has 0 radical (unpaired) electrons. The van der Waals surface area contributed by atoms with Gasteiger partial charge in [0, 0.05) is 25.0 Å². The van der Waals surface area contributed by atoms with Crippen LogP contribution in [0.3, 0.4) is 0 Å². The SMILES string of the molecule is Cc1nc(NC(=O)Cc2c(C)noc2C)sc1-c1nccn1C. The minimum absolute atomic E-state index is 0.139. The molecule has 0 aliphatic rings. The number of nitrogens with one attached hydrogen (secondary N) is 1. The molecule has 8 heteroatoms. The molecule has 0 aliphatic heterocycles. The number of hydrogen-bond donors (Lipinski definition) is 1. The lowest BCUT2D eigenvalue weighted by atomic mass is 10.1. The van der Waals surface area contributed by atoms with Crippen molar-refractivity contribution in [3.05, 3.63) is 35.1 Å². The number of aromatic nitrogens is 4. The molecule has 1 amide bonds. The number of imidazole rings is 1. The van der Waals surface area contributed by atoms with Crippen molar-refractivity contribution < 1.29 is 9.32 Å². The summed E-state index contributed by atoms with van der Waals surface area (Å²) in [5.41, 5.74) is 2.40. The fraction of sp³-hybridized carbons (Fsp3) is 0.333. The molecular formula is C15H17N5O2S. The van der Waals surface area contributed by atoms with Gasteiger partial charge in [-0.25, -0.2) is 9.97 Å². The highest BCUT2D eigenvalue weighted by Crippen LogP contribution is 2.31. The molecule has 3 aromatic heterocycles. The number of nitrogens with zero attached hydrogens (tertiary/aromatic N) is 4. The third-order valence-electron chi connectivity index (χ3n) is 3.59. The Hall–Kier alpha value is -2.48. The van der Waals surface area contributed by atoms with Crippen LogP contribution in [0.1, 0.15) is 22.7 Å². The lowest BCUT2D eigenvalue weighted by molar-refractivity contribution is -0.115. The van der Waals surface area contributed by atoms with Gasteiger partial charge in [0.25, 0.3) is 0 Å². The lowest BCUT2D eigenvalue weighted by Gasteiger charge is -2.01. The number of hydrogen-bond acceptors (Lipinski definition) is 6. The molecule has 0 atom stereocenters. The number of thiazole rings is 1. The summed E-state index contributed by atoms with van der Waals surface area (Å²) in [6.07, 6.45) is 3.84. The van der Waals surface area contributed by atoms with Gasteiger partial charge >= 0.3 is 0 Å². The number of anilines is 1. The summed E-state index contributed by atoms with van der Waals surface area (Å²) in [6, 6.07) is 0. The van der Waals surface area contributed by atoms with E-state index in [0.717, 1.165) is 27.7 Å². The molecule has 23 heavy (non-hydrogen) atoms. The summed E-state index contributed by atoms with van der Waals surface area (Å²) >= 11 is 1.42. The van der Waals surface area contributed by atoms with E-state index in [-0.39, 0.29) is 12.3 Å². The lowest BCUT2D eigenvalue weighted by Crippen LogP contribution is -2.15. The smallest absolute Gasteiger partial charge is 0.230 e. The molecule has 7 nitrogen and oxygen atoms in total. The van der Waals surface area contributed by atoms with E-state index in [9.17, 15) is 4.79 Å². The van der Waals surface area contributed by atoms with Gasteiger partial charge in [-0.1, -0.05) is 16.5 Å². The predicted octanol–water partition coefficient (Wildman–Crippen LogP) is 2.64. The van der Waals surface area contributed by atoms with Crippen LogP contribution in [-0.2, 0) is 18.3 Å². The second-order valence-electron chi connectivity index (χ2n) is 5.32. The Morgan fingerprint density at radius 2 is 2.13 bits per heavy atom. The maximum absolute atomic E-state index is 12.2. The number of carbonyl (C=O) groups is 1. The third kappa shape index (κ3) is 3.02. The molecule has 3 rings (SSSR count). The van der Waals surface area contributed by atoms with Crippen LogP contribution in [0.15, 0.2) is 16.9 Å². The molecule has 0 saturated carbocycles. The van der Waals surface area contributed by atoms with Crippen LogP contribution in [-0.4, -0.2) is 25.6 Å². The molecule has 3 aromatic rings. The van der Waals surface area contributed by atoms with Crippen molar-refractivity contribution in [2.24, 2.45) is 7.05 Å². The Morgan fingerprint density at radius 3 is 2.74 bits per heavy atom. The van der Waals surface area contributed by atoms with Crippen LogP contribution in [0.4, 0.5) is 5.13 Å². The number of carbonyl (C=O) groups excluding carboxylic acids is 1. The van der Waals surface area contributed by atoms with E-state index in [2.05, 4.69) is 20.4 Å². The van der Waals surface area contributed by atoms with Gasteiger partial charge in [0.1, 0.15) is 5.76 Å². The molecule has 0 saturated heterocycles. The largest absolute Gasteiger partial charge is 0.361 e. The molecule has 0 spiro atoms. The van der Waals surface area contributed by atoms with Crippen LogP contribution in [0.5, 0.6) is 0 Å². The minimum Gasteiger partial charge on any atom is -0.361 e. The van der Waals surface area contributed by atoms with Crippen molar-refractivity contribution in [3.8, 4) is 10.7 Å². The Morgan fingerprint density at radius 1 is 1.35 bits per heavy atom. The first kappa shape index (κ1) is 15.4. The van der Waals surface area contributed by atoms with Crippen LogP contribution >= 0.6 is 11.3 Å². The predicted molar refractivity (Wildman–Crippen MR) is 87.4 cm³/mol. The van der Waals surface area contributed by atoms with Crippen molar-refractivity contribution in [3.63, 3.8) is 0 Å². The molecular weight excluding hydrogens is 314 g/mol. The zero-order chi connectivity index (χ0) is 16.6. The van der Waals surface area contributed by atoms with E-state index in [1.807, 2.05) is 31.7 Å². The quantitative estimate of drug-likeness (QED) is 0.794. The summed E-state index contributed by atoms with van der Waals surface area (Å²) in [4.78, 5) is 21.9. The number of amides is 1. The summed E-state index contributed by atoms with van der Waals surface area (Å²) in [6.45, 7) is 5.53. The summed E-state index contributed by atoms with van der Waals surface area (Å²) in [5, 5.41) is 7.27. The Balaban J connectivity index is 1.76. The van der Waals surface area contributed by atoms with Crippen molar-refractivity contribution in [2.45, 2.75) is 27.2 Å². The van der Waals surface area contributed by atoms with Crippen LogP contribution in [0.2, 0.25) is 0 Å². The van der Waals surface area contributed by atoms with Crippen molar-refractivity contribution in [2.75, 3.05) is 5.32 Å². The molecule has 1 N–H and O–H groups in total. The first-order chi connectivity index (χ1) is 11.0. The van der Waals surface area contributed by atoms with Crippen molar-refractivity contribution >= 4 is 22.4 Å². The van der Waals surface area contributed by atoms with Gasteiger partial charge in [0.15, 0.2) is 11.0 Å². The van der Waals surface area contributed by atoms with Gasteiger partial charge in [-0.3, -0.25) is 4.79 Å². The van der Waals surface area contributed by atoms with Gasteiger partial charge in [-0.2, -0.15) is 0 Å². The summed E-state index contributed by atoms with van der Waals surface area (Å²) < 4.78 is 7.00. The second-order valence-corrected chi connectivity index (χ2v) is 6.32. The van der Waals surface area contributed by atoms with Crippen LogP contribution in [0, 0.1) is 20.8 Å². The number of aryl methyl sites for hydroxylation is 4. The van der Waals surface area contributed by atoms with Gasteiger partial charge in [-0.15, -0.1) is 0 Å². The monoisotopic (exact) mass is 331 g/mol. The van der Waals surface area contributed by atoms with Gasteiger partial charge in [-0.05, 0) is 20.8 Å². The topological polar surface area (TPSA) is 85.8 Å². The van der Waals surface area contributed by atoms with E-state index in [0.29, 0.717) is 10.9 Å². The Bertz CT molecular complexity index is 842. The fourth-order valence-electron chi connectivity index (χ4n) is 2.32. The molecule has 120 valence electrons. The van der Waals surface area contributed by atoms with Crippen molar-refractivity contribution in [1.29, 1.82) is 0 Å². The molecule has 0 aliphatic carbocycles. The molecule has 3 heterocycles. The highest BCUT2D eigenvalue weighted by atomic mass is 32.1. The highest BCUT2D eigenvalue weighted by molar-refractivity contribution is 7.19. The summed E-state index contributed by atoms with van der Waals surface area (Å²) in [7, 11) is 1.93. The second kappa shape index (κ2) is 5.96. The maximum Gasteiger partial charge on any atom is 0.230 e. The molecule has 0 aromatic carbocycles. The van der Waals surface area contributed by atoms with E-state index < -0.39 is 0 Å². The van der Waals surface area contributed by atoms with Crippen LogP contribution < -0.4 is 5.32 Å². The van der Waals surface area contributed by atoms with E-state index >= 15 is 0 Å². The highest BCUT2D eigenvalue weighted by Gasteiger charge is 2.17. The maximum atomic E-state index is 12.2. The zero-order valence-corrected chi connectivity index (χ0v) is 14.2. The number of rotatable bonds is 4.